The van der Waals surface area contributed by atoms with Crippen molar-refractivity contribution in [3.8, 4) is 0 Å². The summed E-state index contributed by atoms with van der Waals surface area (Å²) in [5.74, 6) is -0.292. The molecule has 1 heterocycles. The van der Waals surface area contributed by atoms with Gasteiger partial charge in [0.15, 0.2) is 4.75 Å². The lowest BCUT2D eigenvalue weighted by molar-refractivity contribution is -0.132. The van der Waals surface area contributed by atoms with Crippen LogP contribution in [0.4, 0.5) is 0 Å². The molecular weight excluding hydrogens is 216 g/mol. The molecule has 0 aromatic heterocycles. The lowest BCUT2D eigenvalue weighted by Gasteiger charge is -2.43. The molecule has 2 aliphatic rings. The van der Waals surface area contributed by atoms with Gasteiger partial charge in [-0.15, -0.1) is 0 Å². The minimum atomic E-state index is -3.38. The van der Waals surface area contributed by atoms with E-state index in [-0.39, 0.29) is 12.5 Å². The number of rotatable bonds is 4. The van der Waals surface area contributed by atoms with Gasteiger partial charge in [-0.1, -0.05) is 0 Å². The number of carbonyl (C=O) groups excluding carboxylic acids is 1. The first-order valence-corrected chi connectivity index (χ1v) is 6.61. The number of nitrogens with one attached hydrogen (secondary N) is 1. The number of nitrogens with zero attached hydrogens (tertiary/aromatic N) is 1. The van der Waals surface area contributed by atoms with Crippen molar-refractivity contribution in [2.45, 2.75) is 37.5 Å². The molecule has 2 fully saturated rings. The molecule has 1 saturated heterocycles. The molecule has 1 saturated carbocycles. The highest BCUT2D eigenvalue weighted by Gasteiger charge is 2.59. The van der Waals surface area contributed by atoms with Crippen molar-refractivity contribution in [3.63, 3.8) is 0 Å². The summed E-state index contributed by atoms with van der Waals surface area (Å²) in [6.07, 6.45) is 2.32. The zero-order valence-corrected chi connectivity index (χ0v) is 9.80. The molecule has 1 amide bonds. The molecule has 1 aliphatic heterocycles. The molecule has 2 rings (SSSR count). The van der Waals surface area contributed by atoms with Crippen LogP contribution >= 0.6 is 0 Å². The highest BCUT2D eigenvalue weighted by atomic mass is 32.2. The Morgan fingerprint density at radius 3 is 2.53 bits per heavy atom. The molecule has 0 bridgehead atoms. The fourth-order valence-electron chi connectivity index (χ4n) is 1.64. The van der Waals surface area contributed by atoms with Crippen molar-refractivity contribution in [1.29, 1.82) is 0 Å². The molecule has 1 N–H and O–H groups in total. The van der Waals surface area contributed by atoms with Crippen molar-refractivity contribution < 1.29 is 13.2 Å². The Morgan fingerprint density at radius 1 is 1.47 bits per heavy atom. The van der Waals surface area contributed by atoms with Crippen LogP contribution in [0.2, 0.25) is 0 Å². The van der Waals surface area contributed by atoms with Gasteiger partial charge in [-0.2, -0.15) is 0 Å². The summed E-state index contributed by atoms with van der Waals surface area (Å²) in [5, 5.41) is 3.18. The Bertz CT molecular complexity index is 384. The van der Waals surface area contributed by atoms with Gasteiger partial charge in [0.25, 0.3) is 15.9 Å². The highest BCUT2D eigenvalue weighted by Crippen LogP contribution is 2.34. The van der Waals surface area contributed by atoms with Crippen LogP contribution < -0.4 is 5.32 Å². The van der Waals surface area contributed by atoms with E-state index < -0.39 is 14.8 Å². The summed E-state index contributed by atoms with van der Waals surface area (Å²) in [4.78, 5) is 11.5. The molecule has 0 atom stereocenters. The lowest BCUT2D eigenvalue weighted by atomic mass is 10.2. The van der Waals surface area contributed by atoms with Crippen LogP contribution in [-0.4, -0.2) is 42.5 Å². The molecule has 5 nitrogen and oxygen atoms in total. The fourth-order valence-corrected chi connectivity index (χ4v) is 3.16. The molecule has 0 radical (unpaired) electrons. The van der Waals surface area contributed by atoms with Gasteiger partial charge in [0.2, 0.25) is 0 Å². The second-order valence-corrected chi connectivity index (χ2v) is 7.03. The summed E-state index contributed by atoms with van der Waals surface area (Å²) in [6, 6.07) is 0.539. The predicted molar refractivity (Wildman–Crippen MR) is 55.7 cm³/mol. The van der Waals surface area contributed by atoms with Gasteiger partial charge >= 0.3 is 0 Å². The monoisotopic (exact) mass is 232 g/mol. The Labute approximate surface area is 89.9 Å². The largest absolute Gasteiger partial charge is 0.312 e. The standard InChI is InChI=1S/C9H16N2O3S/c1-9(2)8(12)11(15(9,13)14)6-5-10-7-3-4-7/h7,10H,3-6H2,1-2H3. The SMILES string of the molecule is CC1(C)C(=O)N(CCNC2CC2)S1(=O)=O. The number of hydrogen-bond donors (Lipinski definition) is 1. The van der Waals surface area contributed by atoms with E-state index in [0.29, 0.717) is 12.6 Å². The first kappa shape index (κ1) is 10.9. The van der Waals surface area contributed by atoms with E-state index in [1.165, 1.54) is 13.8 Å². The van der Waals surface area contributed by atoms with Crippen LogP contribution in [0.25, 0.3) is 0 Å². The van der Waals surface area contributed by atoms with Gasteiger partial charge in [0, 0.05) is 19.1 Å². The molecule has 0 aromatic rings. The first-order valence-electron chi connectivity index (χ1n) is 5.17. The quantitative estimate of drug-likeness (QED) is 0.722. The summed E-state index contributed by atoms with van der Waals surface area (Å²) in [6.45, 7) is 3.73. The third kappa shape index (κ3) is 1.56. The molecule has 15 heavy (non-hydrogen) atoms. The van der Waals surface area contributed by atoms with Gasteiger partial charge in [-0.05, 0) is 26.7 Å². The van der Waals surface area contributed by atoms with E-state index in [4.69, 9.17) is 0 Å². The van der Waals surface area contributed by atoms with Crippen LogP contribution in [0.3, 0.4) is 0 Å². The second kappa shape index (κ2) is 3.18. The van der Waals surface area contributed by atoms with Crippen molar-refractivity contribution in [2.75, 3.05) is 13.1 Å². The topological polar surface area (TPSA) is 66.5 Å². The van der Waals surface area contributed by atoms with Crippen LogP contribution in [0.5, 0.6) is 0 Å². The number of sulfonamides is 1. The molecule has 0 spiro atoms. The zero-order valence-electron chi connectivity index (χ0n) is 8.99. The summed E-state index contributed by atoms with van der Waals surface area (Å²) >= 11 is 0. The van der Waals surface area contributed by atoms with Gasteiger partial charge in [0.1, 0.15) is 0 Å². The highest BCUT2D eigenvalue weighted by molar-refractivity contribution is 7.94. The Balaban J connectivity index is 1.90. The van der Waals surface area contributed by atoms with E-state index in [1.54, 1.807) is 0 Å². The minimum absolute atomic E-state index is 0.265. The smallest absolute Gasteiger partial charge is 0.258 e. The van der Waals surface area contributed by atoms with E-state index in [9.17, 15) is 13.2 Å². The van der Waals surface area contributed by atoms with Gasteiger partial charge in [-0.25, -0.2) is 12.7 Å². The average Bonchev–Trinajstić information content (AvgIpc) is 2.94. The molecule has 0 unspecified atom stereocenters. The number of carbonyl (C=O) groups is 1. The Kier molecular flexibility index (Phi) is 2.31. The molecule has 86 valence electrons. The van der Waals surface area contributed by atoms with Crippen molar-refractivity contribution in [3.05, 3.63) is 0 Å². The average molecular weight is 232 g/mol. The molecular formula is C9H16N2O3S. The predicted octanol–water partition coefficient (Wildman–Crippen LogP) is -0.311. The first-order chi connectivity index (χ1) is 6.87. The van der Waals surface area contributed by atoms with E-state index >= 15 is 0 Å². The summed E-state index contributed by atoms with van der Waals surface area (Å²) in [7, 11) is -3.38. The maximum absolute atomic E-state index is 11.6. The third-order valence-electron chi connectivity index (χ3n) is 3.00. The molecule has 1 aliphatic carbocycles. The summed E-state index contributed by atoms with van der Waals surface area (Å²) < 4.78 is 23.1. The van der Waals surface area contributed by atoms with E-state index in [1.807, 2.05) is 0 Å². The Hall–Kier alpha value is -0.620. The fraction of sp³-hybridized carbons (Fsp3) is 0.889. The maximum atomic E-state index is 11.6. The number of amides is 1. The Morgan fingerprint density at radius 2 is 2.07 bits per heavy atom. The van der Waals surface area contributed by atoms with E-state index in [0.717, 1.165) is 17.1 Å². The third-order valence-corrected chi connectivity index (χ3v) is 5.39. The second-order valence-electron chi connectivity index (χ2n) is 4.62. The normalized spacial score (nSPS) is 27.6. The van der Waals surface area contributed by atoms with Gasteiger partial charge < -0.3 is 5.32 Å². The van der Waals surface area contributed by atoms with E-state index in [2.05, 4.69) is 5.32 Å². The van der Waals surface area contributed by atoms with Crippen LogP contribution in [0.1, 0.15) is 26.7 Å². The zero-order chi connectivity index (χ0) is 11.3. The minimum Gasteiger partial charge on any atom is -0.312 e. The van der Waals surface area contributed by atoms with Gasteiger partial charge in [0.05, 0.1) is 0 Å². The lowest BCUT2D eigenvalue weighted by Crippen LogP contribution is -2.68. The molecule has 6 heteroatoms. The summed E-state index contributed by atoms with van der Waals surface area (Å²) in [5.41, 5.74) is 0. The van der Waals surface area contributed by atoms with Crippen molar-refractivity contribution in [1.82, 2.24) is 9.62 Å². The van der Waals surface area contributed by atoms with Crippen molar-refractivity contribution in [2.24, 2.45) is 0 Å². The van der Waals surface area contributed by atoms with Crippen LogP contribution in [0.15, 0.2) is 0 Å². The van der Waals surface area contributed by atoms with Crippen LogP contribution in [-0.2, 0) is 14.8 Å². The maximum Gasteiger partial charge on any atom is 0.258 e. The number of hydrogen-bond acceptors (Lipinski definition) is 4. The van der Waals surface area contributed by atoms with Gasteiger partial charge in [-0.3, -0.25) is 4.79 Å². The van der Waals surface area contributed by atoms with Crippen LogP contribution in [0, 0.1) is 0 Å². The molecule has 0 aromatic carbocycles. The van der Waals surface area contributed by atoms with Crippen molar-refractivity contribution >= 4 is 15.9 Å².